The summed E-state index contributed by atoms with van der Waals surface area (Å²) < 4.78 is 5.42. The second kappa shape index (κ2) is 5.48. The number of hydrogen-bond donors (Lipinski definition) is 1. The molecule has 0 saturated carbocycles. The van der Waals surface area contributed by atoms with Gasteiger partial charge in [0.15, 0.2) is 5.75 Å². The van der Waals surface area contributed by atoms with E-state index in [1.165, 1.54) is 6.07 Å². The molecule has 1 aromatic carbocycles. The van der Waals surface area contributed by atoms with E-state index in [2.05, 4.69) is 9.97 Å². The summed E-state index contributed by atoms with van der Waals surface area (Å²) in [6.45, 7) is 1.71. The number of halogens is 2. The average Bonchev–Trinajstić information content (AvgIpc) is 2.32. The van der Waals surface area contributed by atoms with E-state index in [0.717, 1.165) is 12.1 Å². The highest BCUT2D eigenvalue weighted by Crippen LogP contribution is 2.39. The summed E-state index contributed by atoms with van der Waals surface area (Å²) in [6.07, 6.45) is 0. The van der Waals surface area contributed by atoms with Crippen molar-refractivity contribution >= 4 is 34.8 Å². The van der Waals surface area contributed by atoms with E-state index in [4.69, 9.17) is 33.7 Å². The predicted octanol–water partition coefficient (Wildman–Crippen LogP) is 3.37. The summed E-state index contributed by atoms with van der Waals surface area (Å²) in [4.78, 5) is 17.8. The smallest absolute Gasteiger partial charge is 0.272 e. The van der Waals surface area contributed by atoms with Crippen molar-refractivity contribution in [3.05, 3.63) is 44.1 Å². The van der Waals surface area contributed by atoms with Gasteiger partial charge in [-0.15, -0.1) is 0 Å². The third kappa shape index (κ3) is 3.06. The van der Waals surface area contributed by atoms with Crippen molar-refractivity contribution in [1.29, 1.82) is 0 Å². The number of nitrogens with two attached hydrogens (primary N) is 1. The molecule has 2 rings (SSSR count). The van der Waals surface area contributed by atoms with Crippen LogP contribution in [0.4, 0.5) is 11.6 Å². The standard InChI is InChI=1S/C11H8Cl2N4O3/c1-5-2-9(16-11(14)15-5)20-10-7(12)3-6(17(18)19)4-8(10)13/h2-4H,1H3,(H2,14,15,16). The number of aromatic nitrogens is 2. The van der Waals surface area contributed by atoms with Gasteiger partial charge in [-0.2, -0.15) is 4.98 Å². The van der Waals surface area contributed by atoms with Crippen molar-refractivity contribution < 1.29 is 9.66 Å². The average molecular weight is 315 g/mol. The molecule has 0 unspecified atom stereocenters. The summed E-state index contributed by atoms with van der Waals surface area (Å²) in [7, 11) is 0. The van der Waals surface area contributed by atoms with E-state index >= 15 is 0 Å². The fourth-order valence-electron chi connectivity index (χ4n) is 1.47. The number of anilines is 1. The fraction of sp³-hybridized carbons (Fsp3) is 0.0909. The molecule has 0 fully saturated rings. The molecule has 0 saturated heterocycles. The molecule has 0 aliphatic rings. The minimum atomic E-state index is -0.603. The predicted molar refractivity (Wildman–Crippen MR) is 74.4 cm³/mol. The Morgan fingerprint density at radius 1 is 1.25 bits per heavy atom. The quantitative estimate of drug-likeness (QED) is 0.688. The molecule has 0 radical (unpaired) electrons. The summed E-state index contributed by atoms with van der Waals surface area (Å²) in [6, 6.07) is 3.81. The Bertz CT molecular complexity index is 650. The van der Waals surface area contributed by atoms with Crippen molar-refractivity contribution in [2.75, 3.05) is 5.73 Å². The van der Waals surface area contributed by atoms with Gasteiger partial charge in [0.05, 0.1) is 15.0 Å². The second-order valence-corrected chi connectivity index (χ2v) is 4.62. The zero-order valence-electron chi connectivity index (χ0n) is 10.1. The van der Waals surface area contributed by atoms with Crippen LogP contribution in [-0.2, 0) is 0 Å². The first-order valence-corrected chi connectivity index (χ1v) is 6.05. The van der Waals surface area contributed by atoms with Gasteiger partial charge in [-0.05, 0) is 6.92 Å². The van der Waals surface area contributed by atoms with Crippen molar-refractivity contribution in [1.82, 2.24) is 9.97 Å². The van der Waals surface area contributed by atoms with E-state index in [1.54, 1.807) is 6.92 Å². The number of ether oxygens (including phenoxy) is 1. The van der Waals surface area contributed by atoms with Crippen LogP contribution < -0.4 is 10.5 Å². The van der Waals surface area contributed by atoms with Crippen LogP contribution in [0.15, 0.2) is 18.2 Å². The first kappa shape index (κ1) is 14.3. The number of benzene rings is 1. The van der Waals surface area contributed by atoms with Crippen molar-refractivity contribution in [2.45, 2.75) is 6.92 Å². The Morgan fingerprint density at radius 2 is 1.85 bits per heavy atom. The third-order valence-corrected chi connectivity index (χ3v) is 2.81. The van der Waals surface area contributed by atoms with Crippen molar-refractivity contribution in [3.63, 3.8) is 0 Å². The number of nitrogen functional groups attached to an aromatic ring is 1. The minimum absolute atomic E-state index is 0.000892. The number of hydrogen-bond acceptors (Lipinski definition) is 6. The molecule has 2 aromatic rings. The molecule has 2 N–H and O–H groups in total. The fourth-order valence-corrected chi connectivity index (χ4v) is 2.02. The monoisotopic (exact) mass is 314 g/mol. The SMILES string of the molecule is Cc1cc(Oc2c(Cl)cc([N+](=O)[O-])cc2Cl)nc(N)n1. The molecule has 0 atom stereocenters. The number of rotatable bonds is 3. The highest BCUT2D eigenvalue weighted by Gasteiger charge is 2.17. The van der Waals surface area contributed by atoms with Crippen LogP contribution in [0.1, 0.15) is 5.69 Å². The third-order valence-electron chi connectivity index (χ3n) is 2.25. The minimum Gasteiger partial charge on any atom is -0.436 e. The largest absolute Gasteiger partial charge is 0.436 e. The van der Waals surface area contributed by atoms with Gasteiger partial charge in [0.2, 0.25) is 11.8 Å². The van der Waals surface area contributed by atoms with Crippen LogP contribution in [0.25, 0.3) is 0 Å². The topological polar surface area (TPSA) is 104 Å². The lowest BCUT2D eigenvalue weighted by Gasteiger charge is -2.09. The molecule has 0 bridgehead atoms. The van der Waals surface area contributed by atoms with Crippen LogP contribution in [0.2, 0.25) is 10.0 Å². The van der Waals surface area contributed by atoms with Gasteiger partial charge in [-0.25, -0.2) is 4.98 Å². The zero-order chi connectivity index (χ0) is 14.9. The lowest BCUT2D eigenvalue weighted by Crippen LogP contribution is -1.99. The van der Waals surface area contributed by atoms with E-state index in [0.29, 0.717) is 5.69 Å². The van der Waals surface area contributed by atoms with Gasteiger partial charge in [0, 0.05) is 23.9 Å². The van der Waals surface area contributed by atoms with Crippen LogP contribution in [0, 0.1) is 17.0 Å². The maximum absolute atomic E-state index is 10.7. The molecule has 20 heavy (non-hydrogen) atoms. The van der Waals surface area contributed by atoms with E-state index in [9.17, 15) is 10.1 Å². The van der Waals surface area contributed by atoms with E-state index in [-0.39, 0.29) is 33.3 Å². The molecule has 0 aliphatic carbocycles. The van der Waals surface area contributed by atoms with Crippen LogP contribution in [-0.4, -0.2) is 14.9 Å². The molecular weight excluding hydrogens is 307 g/mol. The Labute approximate surface area is 123 Å². The van der Waals surface area contributed by atoms with Gasteiger partial charge in [-0.3, -0.25) is 10.1 Å². The molecule has 0 amide bonds. The number of aryl methyl sites for hydroxylation is 1. The van der Waals surface area contributed by atoms with Crippen LogP contribution >= 0.6 is 23.2 Å². The molecule has 0 spiro atoms. The molecule has 7 nitrogen and oxygen atoms in total. The van der Waals surface area contributed by atoms with Crippen LogP contribution in [0.5, 0.6) is 11.6 Å². The number of non-ortho nitro benzene ring substituents is 1. The van der Waals surface area contributed by atoms with Gasteiger partial charge in [-0.1, -0.05) is 23.2 Å². The maximum atomic E-state index is 10.7. The van der Waals surface area contributed by atoms with Gasteiger partial charge >= 0.3 is 0 Å². The molecule has 0 aliphatic heterocycles. The van der Waals surface area contributed by atoms with E-state index in [1.807, 2.05) is 0 Å². The van der Waals surface area contributed by atoms with Gasteiger partial charge in [0.1, 0.15) is 0 Å². The van der Waals surface area contributed by atoms with Crippen LogP contribution in [0.3, 0.4) is 0 Å². The lowest BCUT2D eigenvalue weighted by molar-refractivity contribution is -0.384. The number of nitro benzene ring substituents is 1. The molecular formula is C11H8Cl2N4O3. The van der Waals surface area contributed by atoms with Gasteiger partial charge in [0.25, 0.3) is 5.69 Å². The summed E-state index contributed by atoms with van der Waals surface area (Å²) in [5, 5.41) is 10.7. The first-order chi connectivity index (χ1) is 9.36. The summed E-state index contributed by atoms with van der Waals surface area (Å²) in [5.74, 6) is 0.248. The summed E-state index contributed by atoms with van der Waals surface area (Å²) >= 11 is 11.8. The molecule has 1 aromatic heterocycles. The highest BCUT2D eigenvalue weighted by molar-refractivity contribution is 6.37. The van der Waals surface area contributed by atoms with Crippen molar-refractivity contribution in [2.24, 2.45) is 0 Å². The lowest BCUT2D eigenvalue weighted by atomic mass is 10.3. The summed E-state index contributed by atoms with van der Waals surface area (Å²) in [5.41, 5.74) is 5.86. The maximum Gasteiger partial charge on any atom is 0.272 e. The molecule has 1 heterocycles. The van der Waals surface area contributed by atoms with Gasteiger partial charge < -0.3 is 10.5 Å². The Hall–Kier alpha value is -2.12. The normalized spacial score (nSPS) is 10.3. The molecule has 104 valence electrons. The second-order valence-electron chi connectivity index (χ2n) is 3.80. The Balaban J connectivity index is 2.41. The van der Waals surface area contributed by atoms with E-state index < -0.39 is 4.92 Å². The van der Waals surface area contributed by atoms with Crippen molar-refractivity contribution in [3.8, 4) is 11.6 Å². The number of nitro groups is 1. The number of nitrogens with zero attached hydrogens (tertiary/aromatic N) is 3. The highest BCUT2D eigenvalue weighted by atomic mass is 35.5. The molecule has 9 heteroatoms. The zero-order valence-corrected chi connectivity index (χ0v) is 11.6. The first-order valence-electron chi connectivity index (χ1n) is 5.29. The Kier molecular flexibility index (Phi) is 3.91. The Morgan fingerprint density at radius 3 is 2.35 bits per heavy atom.